The number of nitrogens with one attached hydrogen (secondary N) is 4. The first-order valence-electron chi connectivity index (χ1n) is 17.2. The number of hydrogen-bond donors (Lipinski definition) is 4. The van der Waals surface area contributed by atoms with Crippen LogP contribution in [0.4, 0.5) is 0 Å². The topological polar surface area (TPSA) is 149 Å². The van der Waals surface area contributed by atoms with Gasteiger partial charge in [-0.1, -0.05) is 71.9 Å². The Morgan fingerprint density at radius 2 is 1.20 bits per heavy atom. The molecule has 0 saturated heterocycles. The summed E-state index contributed by atoms with van der Waals surface area (Å²) in [5, 5.41) is 12.5. The molecule has 2 aromatic rings. The van der Waals surface area contributed by atoms with Crippen molar-refractivity contribution in [3.63, 3.8) is 0 Å². The summed E-state index contributed by atoms with van der Waals surface area (Å²) in [5.74, 6) is -2.05. The highest BCUT2D eigenvalue weighted by Crippen LogP contribution is 2.12. The summed E-state index contributed by atoms with van der Waals surface area (Å²) >= 11 is 0. The number of carbonyl (C=O) groups excluding carboxylic acids is 5. The van der Waals surface area contributed by atoms with E-state index in [-0.39, 0.29) is 42.1 Å². The Kier molecular flexibility index (Phi) is 20.0. The van der Waals surface area contributed by atoms with E-state index >= 15 is 0 Å². The minimum Gasteiger partial charge on any atom is -0.351 e. The Morgan fingerprint density at radius 3 is 1.72 bits per heavy atom. The number of likely N-dealkylation sites (N-methyl/N-ethyl adjacent to an activating group) is 2. The normalized spacial score (nSPS) is 12.8. The lowest BCUT2D eigenvalue weighted by Crippen LogP contribution is -2.57. The Balaban J connectivity index is 0.0000125. The van der Waals surface area contributed by atoms with Crippen molar-refractivity contribution in [2.75, 3.05) is 40.3 Å². The monoisotopic (exact) mass is 716 g/mol. The molecular formula is C37H57ClN6O6. The number of hydroxylamine groups is 2. The molecule has 278 valence electrons. The van der Waals surface area contributed by atoms with Crippen LogP contribution in [0.3, 0.4) is 0 Å². The molecule has 0 aliphatic rings. The maximum absolute atomic E-state index is 13.8. The number of rotatable bonds is 20. The molecule has 2 aromatic carbocycles. The molecule has 0 fully saturated rings. The maximum atomic E-state index is 13.8. The molecule has 13 heteroatoms. The van der Waals surface area contributed by atoms with E-state index in [0.717, 1.165) is 30.3 Å². The van der Waals surface area contributed by atoms with Gasteiger partial charge in [0.25, 0.3) is 17.7 Å². The molecule has 50 heavy (non-hydrogen) atoms. The SMILES string of the molecule is CCN(CC)CCNC(=O)c1ccc(C(=O)N[C@@H](CC(C)C)C(=O)N[C@@H](Cc2ccccc2)C(=O)N[C@@H](CC(C)C)C(=O)N(C)OC)cc1.Cl. The average Bonchev–Trinajstić information content (AvgIpc) is 3.08. The smallest absolute Gasteiger partial charge is 0.268 e. The second-order valence-electron chi connectivity index (χ2n) is 13.0. The highest BCUT2D eigenvalue weighted by molar-refractivity contribution is 6.00. The van der Waals surface area contributed by atoms with Crippen LogP contribution in [0.15, 0.2) is 54.6 Å². The van der Waals surface area contributed by atoms with Crippen LogP contribution in [0.2, 0.25) is 0 Å². The van der Waals surface area contributed by atoms with Crippen molar-refractivity contribution >= 4 is 41.9 Å². The zero-order chi connectivity index (χ0) is 36.5. The van der Waals surface area contributed by atoms with Gasteiger partial charge in [-0.2, -0.15) is 0 Å². The largest absolute Gasteiger partial charge is 0.351 e. The van der Waals surface area contributed by atoms with E-state index in [1.54, 1.807) is 24.3 Å². The fourth-order valence-corrected chi connectivity index (χ4v) is 5.29. The van der Waals surface area contributed by atoms with E-state index in [4.69, 9.17) is 4.84 Å². The van der Waals surface area contributed by atoms with Gasteiger partial charge in [0, 0.05) is 37.7 Å². The van der Waals surface area contributed by atoms with Gasteiger partial charge in [0.15, 0.2) is 0 Å². The first-order chi connectivity index (χ1) is 23.3. The van der Waals surface area contributed by atoms with E-state index < -0.39 is 41.8 Å². The van der Waals surface area contributed by atoms with Gasteiger partial charge in [0.05, 0.1) is 7.11 Å². The summed E-state index contributed by atoms with van der Waals surface area (Å²) in [6, 6.07) is 12.6. The van der Waals surface area contributed by atoms with E-state index in [0.29, 0.717) is 24.9 Å². The van der Waals surface area contributed by atoms with Crippen molar-refractivity contribution < 1.29 is 28.8 Å². The molecule has 0 unspecified atom stereocenters. The molecule has 3 atom stereocenters. The van der Waals surface area contributed by atoms with Crippen LogP contribution in [0.25, 0.3) is 0 Å². The van der Waals surface area contributed by atoms with Gasteiger partial charge >= 0.3 is 0 Å². The molecule has 0 aliphatic carbocycles. The van der Waals surface area contributed by atoms with E-state index in [2.05, 4.69) is 40.0 Å². The molecule has 0 heterocycles. The van der Waals surface area contributed by atoms with Crippen LogP contribution in [0.5, 0.6) is 0 Å². The summed E-state index contributed by atoms with van der Waals surface area (Å²) in [6.45, 7) is 15.0. The van der Waals surface area contributed by atoms with Crippen LogP contribution in [-0.4, -0.2) is 98.0 Å². The lowest BCUT2D eigenvalue weighted by molar-refractivity contribution is -0.172. The van der Waals surface area contributed by atoms with Crippen molar-refractivity contribution in [3.05, 3.63) is 71.3 Å². The predicted molar refractivity (Wildman–Crippen MR) is 198 cm³/mol. The van der Waals surface area contributed by atoms with Crippen LogP contribution >= 0.6 is 12.4 Å². The summed E-state index contributed by atoms with van der Waals surface area (Å²) in [7, 11) is 2.84. The number of hydrogen-bond acceptors (Lipinski definition) is 7. The van der Waals surface area contributed by atoms with Gasteiger partial charge in [-0.05, 0) is 67.6 Å². The molecule has 12 nitrogen and oxygen atoms in total. The standard InChI is InChI=1S/C37H56N6O6.ClH/c1-9-43(10-2)21-20-38-33(44)28-16-18-29(19-17-28)34(45)39-30(22-25(3)4)35(46)40-31(24-27-14-12-11-13-15-27)36(47)41-32(23-26(5)6)37(48)42(7)49-8;/h11-19,25-26,30-32H,9-10,20-24H2,1-8H3,(H,38,44)(H,39,45)(H,40,46)(H,41,47);1H/t30-,31-,32-;/m0./s1. The van der Waals surface area contributed by atoms with Crippen LogP contribution in [0, 0.1) is 11.8 Å². The average molecular weight is 717 g/mol. The molecule has 0 aliphatic heterocycles. The van der Waals surface area contributed by atoms with Crippen molar-refractivity contribution in [1.29, 1.82) is 0 Å². The molecule has 0 aromatic heterocycles. The second-order valence-corrected chi connectivity index (χ2v) is 13.0. The minimum atomic E-state index is -1.03. The van der Waals surface area contributed by atoms with Gasteiger partial charge in [-0.25, -0.2) is 5.06 Å². The minimum absolute atomic E-state index is 0. The fourth-order valence-electron chi connectivity index (χ4n) is 5.29. The highest BCUT2D eigenvalue weighted by Gasteiger charge is 2.32. The molecule has 0 saturated carbocycles. The number of halogens is 1. The van der Waals surface area contributed by atoms with Crippen molar-refractivity contribution in [3.8, 4) is 0 Å². The van der Waals surface area contributed by atoms with E-state index in [1.807, 2.05) is 58.0 Å². The zero-order valence-electron chi connectivity index (χ0n) is 30.8. The van der Waals surface area contributed by atoms with Gasteiger partial charge in [0.1, 0.15) is 18.1 Å². The summed E-state index contributed by atoms with van der Waals surface area (Å²) < 4.78 is 0. The first kappa shape index (κ1) is 44.0. The van der Waals surface area contributed by atoms with Crippen molar-refractivity contribution in [2.24, 2.45) is 11.8 Å². The number of carbonyl (C=O) groups is 5. The molecule has 0 radical (unpaired) electrons. The number of nitrogens with zero attached hydrogens (tertiary/aromatic N) is 2. The van der Waals surface area contributed by atoms with Gasteiger partial charge in [0.2, 0.25) is 11.8 Å². The van der Waals surface area contributed by atoms with Gasteiger partial charge in [-0.15, -0.1) is 12.4 Å². The Morgan fingerprint density at radius 1 is 0.700 bits per heavy atom. The van der Waals surface area contributed by atoms with Crippen LogP contribution in [0.1, 0.15) is 80.7 Å². The molecule has 0 bridgehead atoms. The third-order valence-electron chi connectivity index (χ3n) is 8.17. The third-order valence-corrected chi connectivity index (χ3v) is 8.17. The summed E-state index contributed by atoms with van der Waals surface area (Å²) in [5.41, 5.74) is 1.52. The highest BCUT2D eigenvalue weighted by atomic mass is 35.5. The fraction of sp³-hybridized carbons (Fsp3) is 0.541. The van der Waals surface area contributed by atoms with Gasteiger partial charge in [-0.3, -0.25) is 28.8 Å². The van der Waals surface area contributed by atoms with Crippen molar-refractivity contribution in [2.45, 2.75) is 78.9 Å². The zero-order valence-corrected chi connectivity index (χ0v) is 31.6. The number of amides is 5. The summed E-state index contributed by atoms with van der Waals surface area (Å²) in [6.07, 6.45) is 0.854. The van der Waals surface area contributed by atoms with Gasteiger partial charge < -0.3 is 26.2 Å². The molecule has 0 spiro atoms. The number of benzene rings is 2. The lowest BCUT2D eigenvalue weighted by atomic mass is 9.99. The molecule has 4 N–H and O–H groups in total. The first-order valence-corrected chi connectivity index (χ1v) is 17.2. The summed E-state index contributed by atoms with van der Waals surface area (Å²) in [4.78, 5) is 73.8. The predicted octanol–water partition coefficient (Wildman–Crippen LogP) is 3.60. The van der Waals surface area contributed by atoms with Crippen LogP contribution < -0.4 is 21.3 Å². The Labute approximate surface area is 303 Å². The molecule has 5 amide bonds. The maximum Gasteiger partial charge on any atom is 0.268 e. The van der Waals surface area contributed by atoms with Crippen molar-refractivity contribution in [1.82, 2.24) is 31.2 Å². The quantitative estimate of drug-likeness (QED) is 0.153. The van der Waals surface area contributed by atoms with Crippen LogP contribution in [-0.2, 0) is 25.6 Å². The molecular weight excluding hydrogens is 660 g/mol. The second kappa shape index (κ2) is 22.7. The van der Waals surface area contributed by atoms with E-state index in [9.17, 15) is 24.0 Å². The third kappa shape index (κ3) is 14.9. The Hall–Kier alpha value is -4.00. The lowest BCUT2D eigenvalue weighted by Gasteiger charge is -2.28. The molecule has 2 rings (SSSR count). The van der Waals surface area contributed by atoms with E-state index in [1.165, 1.54) is 14.2 Å². The Bertz CT molecular complexity index is 1350.